The summed E-state index contributed by atoms with van der Waals surface area (Å²) in [7, 11) is 0. The molecule has 0 fully saturated rings. The molecule has 4 nitrogen and oxygen atoms in total. The Morgan fingerprint density at radius 2 is 2.15 bits per heavy atom. The molecule has 4 heteroatoms. The van der Waals surface area contributed by atoms with Crippen LogP contribution < -0.4 is 15.8 Å². The van der Waals surface area contributed by atoms with Gasteiger partial charge in [-0.2, -0.15) is 0 Å². The molecule has 0 aliphatic heterocycles. The zero-order chi connectivity index (χ0) is 14.7. The number of amides is 1. The average molecular weight is 276 g/mol. The molecule has 0 heterocycles. The maximum atomic E-state index is 11.9. The molecule has 110 valence electrons. The summed E-state index contributed by atoms with van der Waals surface area (Å²) >= 11 is 0. The van der Waals surface area contributed by atoms with Crippen LogP contribution in [-0.4, -0.2) is 18.1 Å². The SMILES string of the molecule is CC(C)NC(=O)C(C)Oc1ccc2c(c1)C(N)CCC2. The first-order valence-corrected chi connectivity index (χ1v) is 7.33. The predicted molar refractivity (Wildman–Crippen MR) is 79.7 cm³/mol. The van der Waals surface area contributed by atoms with Crippen LogP contribution in [0, 0.1) is 0 Å². The second kappa shape index (κ2) is 6.27. The number of carbonyl (C=O) groups is 1. The molecule has 0 spiro atoms. The molecular formula is C16H24N2O2. The van der Waals surface area contributed by atoms with E-state index in [1.165, 1.54) is 5.56 Å². The number of fused-ring (bicyclic) bond motifs is 1. The molecule has 1 aliphatic carbocycles. The molecule has 1 aromatic rings. The van der Waals surface area contributed by atoms with Gasteiger partial charge in [0.2, 0.25) is 0 Å². The van der Waals surface area contributed by atoms with Crippen LogP contribution in [0.5, 0.6) is 5.75 Å². The largest absolute Gasteiger partial charge is 0.481 e. The highest BCUT2D eigenvalue weighted by molar-refractivity contribution is 5.80. The third-order valence-electron chi connectivity index (χ3n) is 3.59. The van der Waals surface area contributed by atoms with Crippen molar-refractivity contribution in [2.45, 2.75) is 58.2 Å². The standard InChI is InChI=1S/C16H24N2O2/c1-10(2)18-16(19)11(3)20-13-8-7-12-5-4-6-15(17)14(12)9-13/h7-11,15H,4-6,17H2,1-3H3,(H,18,19). The molecule has 0 aromatic heterocycles. The Kier molecular flexibility index (Phi) is 4.65. The quantitative estimate of drug-likeness (QED) is 0.887. The molecular weight excluding hydrogens is 252 g/mol. The lowest BCUT2D eigenvalue weighted by molar-refractivity contribution is -0.127. The second-order valence-electron chi connectivity index (χ2n) is 5.78. The molecule has 0 saturated carbocycles. The van der Waals surface area contributed by atoms with Crippen molar-refractivity contribution in [3.63, 3.8) is 0 Å². The van der Waals surface area contributed by atoms with Gasteiger partial charge in [0.15, 0.2) is 6.10 Å². The van der Waals surface area contributed by atoms with Gasteiger partial charge in [-0.25, -0.2) is 0 Å². The first-order valence-electron chi connectivity index (χ1n) is 7.33. The molecule has 1 aliphatic rings. The summed E-state index contributed by atoms with van der Waals surface area (Å²) in [6.07, 6.45) is 2.73. The minimum absolute atomic E-state index is 0.0853. The van der Waals surface area contributed by atoms with E-state index in [1.807, 2.05) is 26.0 Å². The van der Waals surface area contributed by atoms with Crippen LogP contribution in [0.1, 0.15) is 50.8 Å². The third-order valence-corrected chi connectivity index (χ3v) is 3.59. The number of nitrogens with two attached hydrogens (primary N) is 1. The second-order valence-corrected chi connectivity index (χ2v) is 5.78. The van der Waals surface area contributed by atoms with E-state index >= 15 is 0 Å². The van der Waals surface area contributed by atoms with Gasteiger partial charge in [-0.3, -0.25) is 4.79 Å². The van der Waals surface area contributed by atoms with Gasteiger partial charge in [-0.05, 0) is 63.3 Å². The van der Waals surface area contributed by atoms with Crippen molar-refractivity contribution in [3.8, 4) is 5.75 Å². The van der Waals surface area contributed by atoms with Crippen LogP contribution in [-0.2, 0) is 11.2 Å². The summed E-state index contributed by atoms with van der Waals surface area (Å²) in [6, 6.07) is 6.18. The lowest BCUT2D eigenvalue weighted by atomic mass is 9.88. The minimum Gasteiger partial charge on any atom is -0.481 e. The van der Waals surface area contributed by atoms with Crippen molar-refractivity contribution in [3.05, 3.63) is 29.3 Å². The molecule has 2 rings (SSSR count). The lowest BCUT2D eigenvalue weighted by Crippen LogP contribution is -2.40. The Balaban J connectivity index is 2.06. The van der Waals surface area contributed by atoms with Gasteiger partial charge in [0, 0.05) is 12.1 Å². The van der Waals surface area contributed by atoms with Crippen molar-refractivity contribution < 1.29 is 9.53 Å². The predicted octanol–water partition coefficient (Wildman–Crippen LogP) is 2.31. The summed E-state index contributed by atoms with van der Waals surface area (Å²) < 4.78 is 5.72. The lowest BCUT2D eigenvalue weighted by Gasteiger charge is -2.23. The number of hydrogen-bond donors (Lipinski definition) is 2. The number of aryl methyl sites for hydroxylation is 1. The Bertz CT molecular complexity index is 485. The Morgan fingerprint density at radius 3 is 2.85 bits per heavy atom. The Morgan fingerprint density at radius 1 is 1.40 bits per heavy atom. The van der Waals surface area contributed by atoms with Crippen LogP contribution in [0.25, 0.3) is 0 Å². The van der Waals surface area contributed by atoms with E-state index in [9.17, 15) is 4.79 Å². The number of rotatable bonds is 4. The normalized spacial score (nSPS) is 19.4. The molecule has 0 bridgehead atoms. The van der Waals surface area contributed by atoms with Crippen LogP contribution >= 0.6 is 0 Å². The fourth-order valence-electron chi connectivity index (χ4n) is 2.55. The summed E-state index contributed by atoms with van der Waals surface area (Å²) in [5, 5.41) is 2.85. The molecule has 2 unspecified atom stereocenters. The highest BCUT2D eigenvalue weighted by atomic mass is 16.5. The van der Waals surface area contributed by atoms with Crippen molar-refractivity contribution in [1.82, 2.24) is 5.32 Å². The minimum atomic E-state index is -0.504. The van der Waals surface area contributed by atoms with Crippen LogP contribution in [0.3, 0.4) is 0 Å². The highest BCUT2D eigenvalue weighted by Gasteiger charge is 2.19. The number of ether oxygens (including phenoxy) is 1. The van der Waals surface area contributed by atoms with Gasteiger partial charge < -0.3 is 15.8 Å². The molecule has 0 radical (unpaired) electrons. The van der Waals surface area contributed by atoms with Crippen molar-refractivity contribution in [1.29, 1.82) is 0 Å². The molecule has 1 amide bonds. The van der Waals surface area contributed by atoms with Crippen LogP contribution in [0.2, 0.25) is 0 Å². The number of hydrogen-bond acceptors (Lipinski definition) is 3. The van der Waals surface area contributed by atoms with E-state index < -0.39 is 6.10 Å². The third kappa shape index (κ3) is 3.51. The summed E-state index contributed by atoms with van der Waals surface area (Å²) in [4.78, 5) is 11.9. The van der Waals surface area contributed by atoms with Gasteiger partial charge >= 0.3 is 0 Å². The fraction of sp³-hybridized carbons (Fsp3) is 0.562. The van der Waals surface area contributed by atoms with E-state index in [4.69, 9.17) is 10.5 Å². The monoisotopic (exact) mass is 276 g/mol. The summed E-state index contributed by atoms with van der Waals surface area (Å²) in [5.74, 6) is 0.620. The first-order chi connectivity index (χ1) is 9.47. The summed E-state index contributed by atoms with van der Waals surface area (Å²) in [6.45, 7) is 5.63. The van der Waals surface area contributed by atoms with E-state index in [1.54, 1.807) is 6.92 Å². The maximum absolute atomic E-state index is 11.9. The number of benzene rings is 1. The van der Waals surface area contributed by atoms with Crippen molar-refractivity contribution in [2.75, 3.05) is 0 Å². The van der Waals surface area contributed by atoms with Gasteiger partial charge in [-0.15, -0.1) is 0 Å². The number of nitrogens with one attached hydrogen (secondary N) is 1. The average Bonchev–Trinajstić information content (AvgIpc) is 2.39. The molecule has 0 saturated heterocycles. The van der Waals surface area contributed by atoms with Crippen molar-refractivity contribution >= 4 is 5.91 Å². The Labute approximate surface area is 120 Å². The van der Waals surface area contributed by atoms with Crippen LogP contribution in [0.15, 0.2) is 18.2 Å². The van der Waals surface area contributed by atoms with Crippen molar-refractivity contribution in [2.24, 2.45) is 5.73 Å². The summed E-state index contributed by atoms with van der Waals surface area (Å²) in [5.41, 5.74) is 8.60. The van der Waals surface area contributed by atoms with Crippen LogP contribution in [0.4, 0.5) is 0 Å². The van der Waals surface area contributed by atoms with Gasteiger partial charge in [0.05, 0.1) is 0 Å². The molecule has 1 aromatic carbocycles. The van der Waals surface area contributed by atoms with E-state index in [-0.39, 0.29) is 18.0 Å². The fourth-order valence-corrected chi connectivity index (χ4v) is 2.55. The van der Waals surface area contributed by atoms with Gasteiger partial charge in [0.1, 0.15) is 5.75 Å². The Hall–Kier alpha value is -1.55. The molecule has 3 N–H and O–H groups in total. The zero-order valence-electron chi connectivity index (χ0n) is 12.5. The molecule has 20 heavy (non-hydrogen) atoms. The highest BCUT2D eigenvalue weighted by Crippen LogP contribution is 2.31. The molecule has 2 atom stereocenters. The smallest absolute Gasteiger partial charge is 0.260 e. The van der Waals surface area contributed by atoms with E-state index in [0.29, 0.717) is 5.75 Å². The van der Waals surface area contributed by atoms with Gasteiger partial charge in [-0.1, -0.05) is 6.07 Å². The van der Waals surface area contributed by atoms with E-state index in [0.717, 1.165) is 24.8 Å². The number of carbonyl (C=O) groups excluding carboxylic acids is 1. The van der Waals surface area contributed by atoms with E-state index in [2.05, 4.69) is 11.4 Å². The van der Waals surface area contributed by atoms with Gasteiger partial charge in [0.25, 0.3) is 5.91 Å². The maximum Gasteiger partial charge on any atom is 0.260 e. The zero-order valence-corrected chi connectivity index (χ0v) is 12.5. The topological polar surface area (TPSA) is 64.3 Å². The first kappa shape index (κ1) is 14.9.